The molecule has 0 spiro atoms. The zero-order valence-corrected chi connectivity index (χ0v) is 32.8. The number of methoxy groups -OCH3 is 3. The second kappa shape index (κ2) is 28.4. The molecule has 14 heteroatoms. The van der Waals surface area contributed by atoms with Crippen molar-refractivity contribution in [3.05, 3.63) is 65.0 Å². The van der Waals surface area contributed by atoms with Gasteiger partial charge in [0.05, 0.1) is 44.3 Å². The first-order valence-electron chi connectivity index (χ1n) is 11.7. The van der Waals surface area contributed by atoms with Crippen molar-refractivity contribution >= 4 is 76.2 Å². The third-order valence-electron chi connectivity index (χ3n) is 4.37. The van der Waals surface area contributed by atoms with E-state index in [1.165, 1.54) is 48.5 Å². The van der Waals surface area contributed by atoms with Crippen molar-refractivity contribution in [2.24, 2.45) is 17.8 Å². The summed E-state index contributed by atoms with van der Waals surface area (Å²) in [4.78, 5) is 39.8. The van der Waals surface area contributed by atoms with Crippen molar-refractivity contribution in [1.82, 2.24) is 9.97 Å². The summed E-state index contributed by atoms with van der Waals surface area (Å²) in [5.41, 5.74) is 1.88. The Labute approximate surface area is 285 Å². The average molecular weight is 909 g/mol. The molecular formula is C27H33BrI2N4O6Zn. The molecule has 0 aromatic carbocycles. The van der Waals surface area contributed by atoms with E-state index < -0.39 is 0 Å². The molecule has 0 bridgehead atoms. The summed E-state index contributed by atoms with van der Waals surface area (Å²) in [6, 6.07) is 10.8. The third kappa shape index (κ3) is 23.5. The molecule has 2 aromatic heterocycles. The van der Waals surface area contributed by atoms with Crippen LogP contribution in [0.1, 0.15) is 37.6 Å². The van der Waals surface area contributed by atoms with Crippen LogP contribution in [0, 0.1) is 47.3 Å². The summed E-state index contributed by atoms with van der Waals surface area (Å²) in [7, 11) is 4.13. The second-order valence-electron chi connectivity index (χ2n) is 7.76. The molecule has 2 aromatic rings. The monoisotopic (exact) mass is 906 g/mol. The van der Waals surface area contributed by atoms with E-state index in [1.807, 2.05) is 19.1 Å². The number of ether oxygens (including phenoxy) is 3. The van der Waals surface area contributed by atoms with Crippen LogP contribution in [0.5, 0.6) is 0 Å². The maximum absolute atomic E-state index is 11.1. The molecule has 0 aliphatic rings. The first-order chi connectivity index (χ1) is 19.4. The summed E-state index contributed by atoms with van der Waals surface area (Å²) in [5.74, 6) is -1.05. The molecule has 220 valence electrons. The van der Waals surface area contributed by atoms with Gasteiger partial charge in [-0.25, -0.2) is 4.98 Å². The fraction of sp³-hybridized carbons (Fsp3) is 0.407. The molecule has 0 saturated heterocycles. The summed E-state index contributed by atoms with van der Waals surface area (Å²) in [5, 5.41) is 16.9. The Morgan fingerprint density at radius 1 is 0.878 bits per heavy atom. The maximum atomic E-state index is 11.1. The van der Waals surface area contributed by atoms with Crippen LogP contribution in [-0.2, 0) is 49.8 Å². The predicted molar refractivity (Wildman–Crippen MR) is 171 cm³/mol. The fourth-order valence-electron chi connectivity index (χ4n) is 2.12. The number of pyridine rings is 2. The number of nitriles is 2. The van der Waals surface area contributed by atoms with Gasteiger partial charge in [0.1, 0.15) is 16.7 Å². The van der Waals surface area contributed by atoms with Crippen LogP contribution in [0.2, 0.25) is 0 Å². The standard InChI is InChI=1S/C11H12N2O2.C6H3BrN2.C5H9IO2.C5H9O2.HI.Zn/c1-8(11(14)15-2)5-10-4-3-9(6-12)7-13-10;7-6-2-1-5(3-8)4-9-6;1-4(3-6)5(7)8-2;1-4(2)5(6)7-3;;/h3-4,7-8H,5H2,1-2H3;1-2,4H;4H,3H2,1-2H3;4H,1H2,2-3H3;1H;/q;;;-1;;+2/p-1/t8-;;2*4-;;/m0.01../s1. The molecule has 41 heavy (non-hydrogen) atoms. The van der Waals surface area contributed by atoms with E-state index >= 15 is 0 Å². The first-order valence-corrected chi connectivity index (χ1v) is 23.0. The number of rotatable bonds is 6. The minimum atomic E-state index is -0.264. The normalized spacial score (nSPS) is 11.0. The summed E-state index contributed by atoms with van der Waals surface area (Å²) >= 11 is 8.93. The Balaban J connectivity index is -0.000000484. The van der Waals surface area contributed by atoms with Crippen LogP contribution < -0.4 is 0 Å². The Morgan fingerprint density at radius 2 is 1.32 bits per heavy atom. The average Bonchev–Trinajstić information content (AvgIpc) is 3.01. The molecular weight excluding hydrogens is 875 g/mol. The van der Waals surface area contributed by atoms with Gasteiger partial charge in [-0.1, -0.05) is 49.3 Å². The second-order valence-corrected chi connectivity index (χ2v) is 9.46. The number of aromatic nitrogens is 2. The molecule has 2 rings (SSSR count). The number of carbonyl (C=O) groups excluding carboxylic acids is 3. The number of hydrogen-bond acceptors (Lipinski definition) is 10. The van der Waals surface area contributed by atoms with Gasteiger partial charge in [-0.05, 0) is 40.2 Å². The number of esters is 3. The summed E-state index contributed by atoms with van der Waals surface area (Å²) in [6.07, 6.45) is 3.54. The van der Waals surface area contributed by atoms with Crippen LogP contribution in [0.4, 0.5) is 0 Å². The molecule has 0 aliphatic carbocycles. The SMILES string of the molecule is COC(=O)[C@@H](C)CI.COC(=O)[C@@H](C)Cc1ccc(C#N)cn1.N#Cc1ccc(Br)nc1.[CH2-][C@H](C)C(=O)OC.[Zn+][I]. The Morgan fingerprint density at radius 3 is 1.59 bits per heavy atom. The van der Waals surface area contributed by atoms with Gasteiger partial charge in [0.2, 0.25) is 0 Å². The van der Waals surface area contributed by atoms with Crippen LogP contribution >= 0.6 is 58.3 Å². The van der Waals surface area contributed by atoms with Crippen molar-refractivity contribution in [3.8, 4) is 12.1 Å². The van der Waals surface area contributed by atoms with E-state index in [1.54, 1.807) is 38.1 Å². The Hall–Kier alpha value is -1.75. The van der Waals surface area contributed by atoms with Gasteiger partial charge >= 0.3 is 46.5 Å². The number of alkyl halides is 1. The summed E-state index contributed by atoms with van der Waals surface area (Å²) in [6.45, 7) is 8.75. The summed E-state index contributed by atoms with van der Waals surface area (Å²) < 4.78 is 15.0. The fourth-order valence-corrected chi connectivity index (χ4v) is 2.71. The van der Waals surface area contributed by atoms with Gasteiger partial charge in [-0.2, -0.15) is 10.5 Å². The molecule has 0 unspecified atom stereocenters. The number of halogens is 3. The molecule has 10 nitrogen and oxygen atoms in total. The van der Waals surface area contributed by atoms with E-state index in [0.717, 1.165) is 14.7 Å². The quantitative estimate of drug-likeness (QED) is 0.0666. The van der Waals surface area contributed by atoms with E-state index in [0.29, 0.717) is 17.5 Å². The van der Waals surface area contributed by atoms with E-state index in [2.05, 4.69) is 89.4 Å². The van der Waals surface area contributed by atoms with Gasteiger partial charge in [-0.3, -0.25) is 19.4 Å². The number of hydrogen-bond donors (Lipinski definition) is 0. The minimum absolute atomic E-state index is 0.0422. The molecule has 2 heterocycles. The van der Waals surface area contributed by atoms with E-state index in [-0.39, 0.29) is 35.7 Å². The van der Waals surface area contributed by atoms with Gasteiger partial charge < -0.3 is 21.1 Å². The molecule has 0 amide bonds. The Bertz CT molecular complexity index is 1090. The first kappa shape index (κ1) is 43.7. The van der Waals surface area contributed by atoms with E-state index in [4.69, 9.17) is 10.5 Å². The van der Waals surface area contributed by atoms with Crippen LogP contribution in [0.25, 0.3) is 0 Å². The molecule has 0 saturated carbocycles. The van der Waals surface area contributed by atoms with Crippen molar-refractivity contribution in [2.75, 3.05) is 25.8 Å². The zero-order valence-electron chi connectivity index (χ0n) is 23.9. The van der Waals surface area contributed by atoms with Crippen molar-refractivity contribution in [1.29, 1.82) is 10.5 Å². The van der Waals surface area contributed by atoms with Crippen molar-refractivity contribution < 1.29 is 43.4 Å². The van der Waals surface area contributed by atoms with Crippen LogP contribution in [0.15, 0.2) is 41.3 Å². The van der Waals surface area contributed by atoms with Gasteiger partial charge in [-0.15, -0.1) is 0 Å². The third-order valence-corrected chi connectivity index (χ3v) is 6.16. The molecule has 0 N–H and O–H groups in total. The molecule has 0 radical (unpaired) electrons. The Kier molecular flexibility index (Phi) is 30.2. The van der Waals surface area contributed by atoms with Crippen molar-refractivity contribution in [3.63, 3.8) is 0 Å². The number of nitrogens with zero attached hydrogens (tertiary/aromatic N) is 4. The van der Waals surface area contributed by atoms with Gasteiger partial charge in [0.25, 0.3) is 5.97 Å². The van der Waals surface area contributed by atoms with Crippen LogP contribution in [0.3, 0.4) is 0 Å². The molecule has 0 fully saturated rings. The van der Waals surface area contributed by atoms with Crippen molar-refractivity contribution in [2.45, 2.75) is 27.2 Å². The van der Waals surface area contributed by atoms with Gasteiger partial charge in [0, 0.05) is 28.9 Å². The van der Waals surface area contributed by atoms with Crippen LogP contribution in [-0.4, -0.2) is 53.6 Å². The predicted octanol–water partition coefficient (Wildman–Crippen LogP) is 5.76. The zero-order chi connectivity index (χ0) is 32.4. The topological polar surface area (TPSA) is 152 Å². The van der Waals surface area contributed by atoms with Gasteiger partial charge in [0.15, 0.2) is 0 Å². The number of carbonyl (C=O) groups is 3. The molecule has 0 aliphatic heterocycles. The van der Waals surface area contributed by atoms with E-state index in [9.17, 15) is 14.4 Å². The molecule has 3 atom stereocenters.